The number of nitrogen functional groups attached to an aromatic ring is 1. The van der Waals surface area contributed by atoms with Gasteiger partial charge in [0.25, 0.3) is 5.91 Å². The maximum Gasteiger partial charge on any atom is 0.292 e. The molecule has 0 aliphatic heterocycles. The summed E-state index contributed by atoms with van der Waals surface area (Å²) in [7, 11) is 0. The number of carbonyl (C=O) groups excluding carboxylic acids is 1. The highest BCUT2D eigenvalue weighted by atomic mass is 79.9. The minimum Gasteiger partial charge on any atom is -0.490 e. The van der Waals surface area contributed by atoms with Gasteiger partial charge in [-0.25, -0.2) is 10.1 Å². The Kier molecular flexibility index (Phi) is 7.80. The lowest BCUT2D eigenvalue weighted by atomic mass is 10.2. The van der Waals surface area contributed by atoms with Gasteiger partial charge in [0, 0.05) is 10.6 Å². The molecule has 0 saturated carbocycles. The summed E-state index contributed by atoms with van der Waals surface area (Å²) in [5.74, 6) is 0.436. The number of hydrazone groups is 1. The quantitative estimate of drug-likeness (QED) is 0.224. The number of nitrogens with zero attached hydrogens (tertiary/aromatic N) is 6. The van der Waals surface area contributed by atoms with Gasteiger partial charge >= 0.3 is 0 Å². The molecule has 2 aromatic carbocycles. The van der Waals surface area contributed by atoms with Gasteiger partial charge in [0.1, 0.15) is 6.61 Å². The molecule has 0 spiro atoms. The van der Waals surface area contributed by atoms with Crippen LogP contribution in [0.4, 0.5) is 5.82 Å². The van der Waals surface area contributed by atoms with Crippen LogP contribution in [-0.2, 0) is 6.61 Å². The number of nitrogens with two attached hydrogens (primary N) is 1. The Bertz CT molecular complexity index is 1420. The molecule has 0 unspecified atom stereocenters. The average Bonchev–Trinajstić information content (AvgIpc) is 3.44. The zero-order chi connectivity index (χ0) is 25.7. The molecule has 36 heavy (non-hydrogen) atoms. The first kappa shape index (κ1) is 25.1. The lowest BCUT2D eigenvalue weighted by Crippen LogP contribution is -2.22. The zero-order valence-electron chi connectivity index (χ0n) is 19.1. The van der Waals surface area contributed by atoms with E-state index in [-0.39, 0.29) is 23.9 Å². The molecule has 0 aliphatic rings. The van der Waals surface area contributed by atoms with Crippen LogP contribution in [0.25, 0.3) is 5.82 Å². The summed E-state index contributed by atoms with van der Waals surface area (Å²) in [4.78, 5) is 12.8. The van der Waals surface area contributed by atoms with Crippen molar-refractivity contribution >= 4 is 45.5 Å². The number of rotatable bonds is 9. The number of anilines is 1. The molecule has 2 aromatic heterocycles. The Morgan fingerprint density at radius 2 is 2.11 bits per heavy atom. The fourth-order valence-electron chi connectivity index (χ4n) is 3.15. The van der Waals surface area contributed by atoms with Crippen molar-refractivity contribution in [2.45, 2.75) is 20.5 Å². The van der Waals surface area contributed by atoms with Crippen LogP contribution in [0.15, 0.2) is 50.6 Å². The summed E-state index contributed by atoms with van der Waals surface area (Å²) >= 11 is 9.75. The molecule has 1 amide bonds. The number of amides is 1. The Morgan fingerprint density at radius 1 is 1.31 bits per heavy atom. The fraction of sp³-hybridized carbons (Fsp3) is 0.182. The summed E-state index contributed by atoms with van der Waals surface area (Å²) < 4.78 is 18.1. The molecule has 0 aliphatic carbocycles. The van der Waals surface area contributed by atoms with Crippen LogP contribution < -0.4 is 20.6 Å². The monoisotopic (exact) mass is 574 g/mol. The van der Waals surface area contributed by atoms with Crippen molar-refractivity contribution in [1.29, 1.82) is 0 Å². The number of aryl methyl sites for hydroxylation is 1. The maximum absolute atomic E-state index is 12.8. The van der Waals surface area contributed by atoms with Gasteiger partial charge < -0.3 is 15.2 Å². The van der Waals surface area contributed by atoms with Crippen molar-refractivity contribution < 1.29 is 18.9 Å². The van der Waals surface area contributed by atoms with Gasteiger partial charge in [-0.05, 0) is 63.9 Å². The normalized spacial score (nSPS) is 11.1. The third kappa shape index (κ3) is 5.47. The van der Waals surface area contributed by atoms with E-state index in [1.54, 1.807) is 25.1 Å². The van der Waals surface area contributed by atoms with Crippen LogP contribution in [-0.4, -0.2) is 44.0 Å². The predicted molar refractivity (Wildman–Crippen MR) is 135 cm³/mol. The zero-order valence-corrected chi connectivity index (χ0v) is 21.4. The average molecular weight is 576 g/mol. The molecule has 186 valence electrons. The lowest BCUT2D eigenvalue weighted by Gasteiger charge is -2.15. The van der Waals surface area contributed by atoms with Gasteiger partial charge in [0.05, 0.1) is 23.0 Å². The van der Waals surface area contributed by atoms with Crippen molar-refractivity contribution in [1.82, 2.24) is 30.7 Å². The number of nitrogens with one attached hydrogen (secondary N) is 1. The summed E-state index contributed by atoms with van der Waals surface area (Å²) in [5, 5.41) is 19.5. The van der Waals surface area contributed by atoms with Crippen molar-refractivity contribution in [3.63, 3.8) is 0 Å². The minimum absolute atomic E-state index is 0.0393. The molecule has 0 radical (unpaired) electrons. The molecule has 4 rings (SSSR count). The first-order chi connectivity index (χ1) is 17.4. The second-order valence-corrected chi connectivity index (χ2v) is 8.51. The van der Waals surface area contributed by atoms with Gasteiger partial charge in [-0.1, -0.05) is 35.0 Å². The highest BCUT2D eigenvalue weighted by Crippen LogP contribution is 2.37. The third-order valence-corrected chi connectivity index (χ3v) is 5.75. The van der Waals surface area contributed by atoms with Crippen LogP contribution in [0.3, 0.4) is 0 Å². The Morgan fingerprint density at radius 3 is 2.83 bits per heavy atom. The number of aromatic nitrogens is 5. The standard InChI is InChI=1S/C22H20BrClN8O4/c1-3-34-17-9-13(8-15(23)19(17)35-11-14-6-4-5-7-16(14)24)10-26-28-22(33)18-12(2)27-31-32(18)21-20(25)29-36-30-21/h4-10H,3,11H2,1-2H3,(H2,25,29)(H,28,33)/b26-10-. The second-order valence-electron chi connectivity index (χ2n) is 7.25. The molecule has 14 heteroatoms. The van der Waals surface area contributed by atoms with Crippen LogP contribution in [0.2, 0.25) is 5.02 Å². The molecular weight excluding hydrogens is 556 g/mol. The molecular formula is C22H20BrClN8O4. The van der Waals surface area contributed by atoms with Gasteiger partial charge in [-0.3, -0.25) is 4.79 Å². The van der Waals surface area contributed by atoms with E-state index in [0.29, 0.717) is 38.9 Å². The number of carbonyl (C=O) groups is 1. The summed E-state index contributed by atoms with van der Waals surface area (Å²) in [6.07, 6.45) is 1.46. The van der Waals surface area contributed by atoms with Crippen LogP contribution in [0.1, 0.15) is 34.2 Å². The van der Waals surface area contributed by atoms with Crippen LogP contribution in [0, 0.1) is 6.92 Å². The van der Waals surface area contributed by atoms with Gasteiger partial charge in [0.2, 0.25) is 11.6 Å². The molecule has 0 saturated heterocycles. The Hall–Kier alpha value is -3.97. The highest BCUT2D eigenvalue weighted by molar-refractivity contribution is 9.10. The smallest absolute Gasteiger partial charge is 0.292 e. The third-order valence-electron chi connectivity index (χ3n) is 4.79. The molecule has 3 N–H and O–H groups in total. The van der Waals surface area contributed by atoms with Crippen LogP contribution in [0.5, 0.6) is 11.5 Å². The summed E-state index contributed by atoms with van der Waals surface area (Å²) in [6.45, 7) is 4.15. The van der Waals surface area contributed by atoms with Crippen molar-refractivity contribution in [2.75, 3.05) is 12.3 Å². The van der Waals surface area contributed by atoms with Gasteiger partial charge in [-0.2, -0.15) is 9.78 Å². The SMILES string of the molecule is CCOc1cc(/C=N\NC(=O)c2c(C)nnn2-c2nonc2N)cc(Br)c1OCc1ccccc1Cl. The van der Waals surface area contributed by atoms with E-state index < -0.39 is 5.91 Å². The Labute approximate surface area is 218 Å². The Balaban J connectivity index is 1.51. The van der Waals surface area contributed by atoms with E-state index in [9.17, 15) is 4.79 Å². The number of hydrogen-bond acceptors (Lipinski definition) is 10. The largest absolute Gasteiger partial charge is 0.490 e. The van der Waals surface area contributed by atoms with Crippen molar-refractivity contribution in [3.8, 4) is 17.3 Å². The van der Waals surface area contributed by atoms with E-state index in [4.69, 9.17) is 26.8 Å². The topological polar surface area (TPSA) is 156 Å². The van der Waals surface area contributed by atoms with E-state index >= 15 is 0 Å². The first-order valence-corrected chi connectivity index (χ1v) is 11.7. The highest BCUT2D eigenvalue weighted by Gasteiger charge is 2.22. The first-order valence-electron chi connectivity index (χ1n) is 10.6. The van der Waals surface area contributed by atoms with Crippen molar-refractivity contribution in [2.24, 2.45) is 5.10 Å². The van der Waals surface area contributed by atoms with Crippen LogP contribution >= 0.6 is 27.5 Å². The number of ether oxygens (including phenoxy) is 2. The summed E-state index contributed by atoms with van der Waals surface area (Å²) in [6, 6.07) is 10.9. The molecule has 0 atom stereocenters. The lowest BCUT2D eigenvalue weighted by molar-refractivity contribution is 0.0946. The summed E-state index contributed by atoms with van der Waals surface area (Å²) in [5.41, 5.74) is 10.0. The van der Waals surface area contributed by atoms with Gasteiger partial charge in [-0.15, -0.1) is 5.10 Å². The second kappa shape index (κ2) is 11.2. The number of benzene rings is 2. The molecule has 0 fully saturated rings. The fourth-order valence-corrected chi connectivity index (χ4v) is 3.92. The molecule has 2 heterocycles. The molecule has 4 aromatic rings. The number of halogens is 2. The minimum atomic E-state index is -0.583. The molecule has 0 bridgehead atoms. The van der Waals surface area contributed by atoms with Crippen molar-refractivity contribution in [3.05, 3.63) is 68.4 Å². The molecule has 12 nitrogen and oxygen atoms in total. The van der Waals surface area contributed by atoms with E-state index in [0.717, 1.165) is 10.2 Å². The van der Waals surface area contributed by atoms with E-state index in [1.165, 1.54) is 6.21 Å². The van der Waals surface area contributed by atoms with Gasteiger partial charge in [0.15, 0.2) is 17.2 Å². The van der Waals surface area contributed by atoms with E-state index in [2.05, 4.69) is 51.7 Å². The van der Waals surface area contributed by atoms with E-state index in [1.807, 2.05) is 25.1 Å². The number of hydrogen-bond donors (Lipinski definition) is 2. The maximum atomic E-state index is 12.8. The predicted octanol–water partition coefficient (Wildman–Crippen LogP) is 3.70.